The Morgan fingerprint density at radius 1 is 1.19 bits per heavy atom. The molecule has 1 unspecified atom stereocenters. The number of hydrogen-bond donors (Lipinski definition) is 2. The van der Waals surface area contributed by atoms with Gasteiger partial charge in [-0.15, -0.1) is 0 Å². The lowest BCUT2D eigenvalue weighted by Gasteiger charge is -2.31. The summed E-state index contributed by atoms with van der Waals surface area (Å²) in [5, 5.41) is 0. The first-order chi connectivity index (χ1) is 12.8. The van der Waals surface area contributed by atoms with E-state index < -0.39 is 10.0 Å². The Morgan fingerprint density at radius 3 is 2.67 bits per heavy atom. The summed E-state index contributed by atoms with van der Waals surface area (Å²) >= 11 is 0. The number of benzene rings is 2. The summed E-state index contributed by atoms with van der Waals surface area (Å²) in [7, 11) is -3.79. The Labute approximate surface area is 160 Å². The molecule has 1 atom stereocenters. The number of nitrogens with one attached hydrogen (secondary N) is 1. The number of piperidine rings is 1. The van der Waals surface area contributed by atoms with Gasteiger partial charge in [-0.1, -0.05) is 18.2 Å². The summed E-state index contributed by atoms with van der Waals surface area (Å²) in [6.45, 7) is 4.84. The number of nitrogens with two attached hydrogens (primary N) is 1. The summed E-state index contributed by atoms with van der Waals surface area (Å²) in [5.74, 6) is -0.171. The molecule has 0 aromatic heterocycles. The van der Waals surface area contributed by atoms with Crippen LogP contribution < -0.4 is 10.5 Å². The molecule has 2 aromatic rings. The minimum Gasteiger partial charge on any atom is -0.337 e. The molecule has 144 valence electrons. The fourth-order valence-electron chi connectivity index (χ4n) is 3.29. The maximum absolute atomic E-state index is 12.9. The van der Waals surface area contributed by atoms with Crippen molar-refractivity contribution in [1.29, 1.82) is 0 Å². The molecule has 1 amide bonds. The lowest BCUT2D eigenvalue weighted by molar-refractivity contribution is 0.0708. The predicted molar refractivity (Wildman–Crippen MR) is 106 cm³/mol. The maximum Gasteiger partial charge on any atom is 0.261 e. The zero-order valence-corrected chi connectivity index (χ0v) is 16.4. The monoisotopic (exact) mass is 387 g/mol. The minimum absolute atomic E-state index is 0.0297. The van der Waals surface area contributed by atoms with Crippen molar-refractivity contribution < 1.29 is 13.2 Å². The van der Waals surface area contributed by atoms with E-state index >= 15 is 0 Å². The number of amides is 1. The molecule has 1 saturated heterocycles. The fraction of sp³-hybridized carbons (Fsp3) is 0.350. The molecular weight excluding hydrogens is 362 g/mol. The highest BCUT2D eigenvalue weighted by atomic mass is 32.2. The van der Waals surface area contributed by atoms with Gasteiger partial charge in [0, 0.05) is 30.4 Å². The number of carbonyl (C=O) groups excluding carboxylic acids is 1. The van der Waals surface area contributed by atoms with Crippen LogP contribution >= 0.6 is 0 Å². The van der Waals surface area contributed by atoms with Crippen LogP contribution in [0.4, 0.5) is 5.69 Å². The summed E-state index contributed by atoms with van der Waals surface area (Å²) in [6, 6.07) is 11.7. The standard InChI is InChI=1S/C20H25N3O3S/c1-14-5-3-7-17(11-14)22-27(25,26)18-9-8-15(2)19(12-18)20(24)23-10-4-6-16(21)13-23/h3,5,7-9,11-12,16,22H,4,6,10,13,21H2,1-2H3. The van der Waals surface area contributed by atoms with Crippen LogP contribution in [0, 0.1) is 13.8 Å². The second-order valence-electron chi connectivity index (χ2n) is 7.11. The van der Waals surface area contributed by atoms with Gasteiger partial charge in [0.25, 0.3) is 15.9 Å². The van der Waals surface area contributed by atoms with Gasteiger partial charge in [-0.25, -0.2) is 8.42 Å². The third-order valence-electron chi connectivity index (χ3n) is 4.77. The van der Waals surface area contributed by atoms with Crippen LogP contribution in [0.15, 0.2) is 47.4 Å². The number of rotatable bonds is 4. The molecule has 27 heavy (non-hydrogen) atoms. The van der Waals surface area contributed by atoms with Crippen LogP contribution in [0.25, 0.3) is 0 Å². The largest absolute Gasteiger partial charge is 0.337 e. The number of hydrogen-bond acceptors (Lipinski definition) is 4. The van der Waals surface area contributed by atoms with E-state index in [4.69, 9.17) is 5.73 Å². The van der Waals surface area contributed by atoms with Gasteiger partial charge in [-0.3, -0.25) is 9.52 Å². The Balaban J connectivity index is 1.89. The average Bonchev–Trinajstić information content (AvgIpc) is 2.61. The van der Waals surface area contributed by atoms with E-state index in [1.54, 1.807) is 29.2 Å². The van der Waals surface area contributed by atoms with E-state index in [1.165, 1.54) is 12.1 Å². The van der Waals surface area contributed by atoms with Crippen molar-refractivity contribution in [2.24, 2.45) is 5.73 Å². The minimum atomic E-state index is -3.79. The quantitative estimate of drug-likeness (QED) is 0.844. The summed E-state index contributed by atoms with van der Waals surface area (Å²) in [6.07, 6.45) is 1.76. The molecule has 3 rings (SSSR count). The van der Waals surface area contributed by atoms with Crippen LogP contribution in [0.2, 0.25) is 0 Å². The second-order valence-corrected chi connectivity index (χ2v) is 8.79. The molecule has 1 aliphatic rings. The highest BCUT2D eigenvalue weighted by Gasteiger charge is 2.25. The van der Waals surface area contributed by atoms with Crippen molar-refractivity contribution in [2.45, 2.75) is 37.6 Å². The fourth-order valence-corrected chi connectivity index (χ4v) is 4.36. The van der Waals surface area contributed by atoms with Crippen molar-refractivity contribution in [3.8, 4) is 0 Å². The Bertz CT molecular complexity index is 957. The zero-order chi connectivity index (χ0) is 19.6. The normalized spacial score (nSPS) is 17.6. The Hall–Kier alpha value is -2.38. The van der Waals surface area contributed by atoms with Crippen molar-refractivity contribution in [2.75, 3.05) is 17.8 Å². The number of likely N-dealkylation sites (tertiary alicyclic amines) is 1. The van der Waals surface area contributed by atoms with Gasteiger partial charge in [0.05, 0.1) is 4.90 Å². The summed E-state index contributed by atoms with van der Waals surface area (Å²) in [5.41, 5.74) is 8.57. The topological polar surface area (TPSA) is 92.5 Å². The highest BCUT2D eigenvalue weighted by molar-refractivity contribution is 7.92. The number of aryl methyl sites for hydroxylation is 2. The molecule has 7 heteroatoms. The van der Waals surface area contributed by atoms with E-state index in [0.717, 1.165) is 24.0 Å². The molecule has 2 aromatic carbocycles. The molecular formula is C20H25N3O3S. The Morgan fingerprint density at radius 2 is 1.96 bits per heavy atom. The van der Waals surface area contributed by atoms with Crippen LogP contribution in [0.1, 0.15) is 34.3 Å². The molecule has 1 aliphatic heterocycles. The lowest BCUT2D eigenvalue weighted by Crippen LogP contribution is -2.45. The summed E-state index contributed by atoms with van der Waals surface area (Å²) < 4.78 is 28.1. The number of carbonyl (C=O) groups is 1. The van der Waals surface area contributed by atoms with E-state index in [1.807, 2.05) is 19.9 Å². The average molecular weight is 388 g/mol. The van der Waals surface area contributed by atoms with Gasteiger partial charge >= 0.3 is 0 Å². The van der Waals surface area contributed by atoms with Gasteiger partial charge in [0.1, 0.15) is 0 Å². The van der Waals surface area contributed by atoms with Gasteiger partial charge in [-0.05, 0) is 62.1 Å². The maximum atomic E-state index is 12.9. The van der Waals surface area contributed by atoms with Crippen LogP contribution in [0.5, 0.6) is 0 Å². The molecule has 3 N–H and O–H groups in total. The van der Waals surface area contributed by atoms with Crippen molar-refractivity contribution in [3.05, 3.63) is 59.2 Å². The van der Waals surface area contributed by atoms with Crippen molar-refractivity contribution in [3.63, 3.8) is 0 Å². The number of sulfonamides is 1. The van der Waals surface area contributed by atoms with Crippen LogP contribution in [-0.2, 0) is 10.0 Å². The van der Waals surface area contributed by atoms with Crippen LogP contribution in [0.3, 0.4) is 0 Å². The van der Waals surface area contributed by atoms with E-state index in [-0.39, 0.29) is 16.8 Å². The third kappa shape index (κ3) is 4.48. The zero-order valence-electron chi connectivity index (χ0n) is 15.6. The lowest BCUT2D eigenvalue weighted by atomic mass is 10.0. The molecule has 0 spiro atoms. The first-order valence-corrected chi connectivity index (χ1v) is 10.5. The molecule has 0 radical (unpaired) electrons. The van der Waals surface area contributed by atoms with Gasteiger partial charge in [0.2, 0.25) is 0 Å². The highest BCUT2D eigenvalue weighted by Crippen LogP contribution is 2.22. The molecule has 0 aliphatic carbocycles. The Kier molecular flexibility index (Phi) is 5.53. The third-order valence-corrected chi connectivity index (χ3v) is 6.14. The number of nitrogens with zero attached hydrogens (tertiary/aromatic N) is 1. The summed E-state index contributed by atoms with van der Waals surface area (Å²) in [4.78, 5) is 14.7. The van der Waals surface area contributed by atoms with E-state index in [9.17, 15) is 13.2 Å². The van der Waals surface area contributed by atoms with Gasteiger partial charge in [0.15, 0.2) is 0 Å². The van der Waals surface area contributed by atoms with E-state index in [2.05, 4.69) is 4.72 Å². The predicted octanol–water partition coefficient (Wildman–Crippen LogP) is 2.67. The van der Waals surface area contributed by atoms with Gasteiger partial charge < -0.3 is 10.6 Å². The smallest absolute Gasteiger partial charge is 0.261 e. The second kappa shape index (κ2) is 7.70. The van der Waals surface area contributed by atoms with E-state index in [0.29, 0.717) is 24.3 Å². The molecule has 0 bridgehead atoms. The molecule has 0 saturated carbocycles. The molecule has 6 nitrogen and oxygen atoms in total. The number of anilines is 1. The van der Waals surface area contributed by atoms with Crippen molar-refractivity contribution in [1.82, 2.24) is 4.90 Å². The first-order valence-electron chi connectivity index (χ1n) is 9.01. The van der Waals surface area contributed by atoms with Crippen LogP contribution in [-0.4, -0.2) is 38.4 Å². The molecule has 1 fully saturated rings. The van der Waals surface area contributed by atoms with Crippen molar-refractivity contribution >= 4 is 21.6 Å². The SMILES string of the molecule is Cc1cccc(NS(=O)(=O)c2ccc(C)c(C(=O)N3CCCC(N)C3)c2)c1. The molecule has 1 heterocycles. The first kappa shape index (κ1) is 19.4. The van der Waals surface area contributed by atoms with Gasteiger partial charge in [-0.2, -0.15) is 0 Å².